The van der Waals surface area contributed by atoms with Crippen LogP contribution in [0.25, 0.3) is 71.5 Å². The molecule has 252 valence electrons. The van der Waals surface area contributed by atoms with Crippen molar-refractivity contribution in [3.05, 3.63) is 186 Å². The van der Waals surface area contributed by atoms with Gasteiger partial charge in [0.05, 0.1) is 17.8 Å². The highest BCUT2D eigenvalue weighted by atomic mass is 15.0. The van der Waals surface area contributed by atoms with E-state index in [4.69, 9.17) is 4.99 Å². The molecule has 2 aliphatic carbocycles. The molecule has 0 saturated heterocycles. The van der Waals surface area contributed by atoms with Crippen molar-refractivity contribution >= 4 is 44.4 Å². The zero-order chi connectivity index (χ0) is 35.3. The maximum absolute atomic E-state index is 4.80. The zero-order valence-corrected chi connectivity index (χ0v) is 29.9. The molecule has 0 amide bonds. The van der Waals surface area contributed by atoms with E-state index in [0.29, 0.717) is 18.4 Å². The summed E-state index contributed by atoms with van der Waals surface area (Å²) in [6.45, 7) is 5.53. The molecule has 0 N–H and O–H groups in total. The van der Waals surface area contributed by atoms with Gasteiger partial charge in [-0.25, -0.2) is 0 Å². The summed E-state index contributed by atoms with van der Waals surface area (Å²) in [6.07, 6.45) is 9.41. The predicted molar refractivity (Wildman–Crippen MR) is 224 cm³/mol. The van der Waals surface area contributed by atoms with Gasteiger partial charge in [-0.3, -0.25) is 4.99 Å². The molecule has 2 nitrogen and oxygen atoms in total. The molecule has 8 aromatic rings. The second kappa shape index (κ2) is 11.4. The molecule has 2 unspecified atom stereocenters. The van der Waals surface area contributed by atoms with Crippen LogP contribution in [-0.4, -0.2) is 10.8 Å². The first-order chi connectivity index (χ1) is 26.1. The summed E-state index contributed by atoms with van der Waals surface area (Å²) in [4.78, 5) is 4.80. The Labute approximate surface area is 310 Å². The number of rotatable bonds is 4. The van der Waals surface area contributed by atoms with Gasteiger partial charge in [-0.05, 0) is 102 Å². The second-order valence-electron chi connectivity index (χ2n) is 15.5. The molecule has 0 bridgehead atoms. The third-order valence-electron chi connectivity index (χ3n) is 12.4. The van der Waals surface area contributed by atoms with E-state index in [1.54, 1.807) is 0 Å². The van der Waals surface area contributed by atoms with Gasteiger partial charge in [0.1, 0.15) is 0 Å². The quantitative estimate of drug-likeness (QED) is 0.165. The topological polar surface area (TPSA) is 17.3 Å². The minimum Gasteiger partial charge on any atom is -0.308 e. The molecular formula is C51H38N2. The lowest BCUT2D eigenvalue weighted by atomic mass is 9.74. The van der Waals surface area contributed by atoms with Crippen molar-refractivity contribution in [2.75, 3.05) is 0 Å². The third kappa shape index (κ3) is 4.42. The zero-order valence-electron chi connectivity index (χ0n) is 29.9. The van der Waals surface area contributed by atoms with Crippen LogP contribution in [0.5, 0.6) is 0 Å². The molecule has 2 heterocycles. The Morgan fingerprint density at radius 3 is 1.92 bits per heavy atom. The minimum atomic E-state index is 0.0606. The summed E-state index contributed by atoms with van der Waals surface area (Å²) in [7, 11) is 0. The maximum Gasteiger partial charge on any atom is 0.0697 e. The van der Waals surface area contributed by atoms with E-state index < -0.39 is 0 Å². The number of aliphatic imine (C=N–C) groups is 1. The van der Waals surface area contributed by atoms with Crippen molar-refractivity contribution in [1.82, 2.24) is 4.57 Å². The van der Waals surface area contributed by atoms with E-state index in [0.717, 1.165) is 0 Å². The van der Waals surface area contributed by atoms with Crippen molar-refractivity contribution in [1.29, 1.82) is 0 Å². The number of nitrogens with zero attached hydrogens (tertiary/aromatic N) is 2. The molecule has 0 spiro atoms. The van der Waals surface area contributed by atoms with Crippen LogP contribution in [0.3, 0.4) is 0 Å². The molecule has 2 heteroatoms. The van der Waals surface area contributed by atoms with Crippen molar-refractivity contribution in [3.63, 3.8) is 0 Å². The van der Waals surface area contributed by atoms with Crippen molar-refractivity contribution in [2.45, 2.75) is 31.7 Å². The molecule has 7 aromatic carbocycles. The van der Waals surface area contributed by atoms with Crippen molar-refractivity contribution in [2.24, 2.45) is 10.9 Å². The molecule has 3 aliphatic rings. The van der Waals surface area contributed by atoms with Gasteiger partial charge in [-0.15, -0.1) is 0 Å². The summed E-state index contributed by atoms with van der Waals surface area (Å²) in [5, 5.41) is 6.37. The summed E-state index contributed by atoms with van der Waals surface area (Å²) in [6, 6.07) is 53.8. The van der Waals surface area contributed by atoms with E-state index in [1.807, 2.05) is 0 Å². The lowest BCUT2D eigenvalue weighted by Crippen LogP contribution is -2.25. The molecule has 53 heavy (non-hydrogen) atoms. The van der Waals surface area contributed by atoms with Gasteiger partial charge in [0.25, 0.3) is 0 Å². The Bertz CT molecular complexity index is 2880. The number of allylic oxidation sites excluding steroid dienone is 4. The summed E-state index contributed by atoms with van der Waals surface area (Å²) < 4.78 is 2.46. The van der Waals surface area contributed by atoms with Crippen LogP contribution in [0.4, 0.5) is 0 Å². The fourth-order valence-electron chi connectivity index (χ4n) is 9.87. The van der Waals surface area contributed by atoms with Gasteiger partial charge >= 0.3 is 0 Å². The minimum absolute atomic E-state index is 0.0606. The van der Waals surface area contributed by atoms with Crippen LogP contribution in [0, 0.1) is 5.92 Å². The Morgan fingerprint density at radius 1 is 0.585 bits per heavy atom. The first kappa shape index (κ1) is 30.4. The number of fused-ring (bicyclic) bond motifs is 8. The maximum atomic E-state index is 4.80. The summed E-state index contributed by atoms with van der Waals surface area (Å²) >= 11 is 0. The molecule has 0 radical (unpaired) electrons. The van der Waals surface area contributed by atoms with Gasteiger partial charge < -0.3 is 4.57 Å². The van der Waals surface area contributed by atoms with Crippen molar-refractivity contribution < 1.29 is 0 Å². The van der Waals surface area contributed by atoms with Crippen LogP contribution < -0.4 is 0 Å². The number of benzene rings is 7. The standard InChI is InChI=1S/C51H38N2/c1-51(2)45-20-12-11-17-37(45)38-25-23-36(29-46(38)51)53-47-26-22-35(27-42(47)44-30-52-31-48(44)53)34-21-24-41-43(28-34)50(33-15-7-4-8-16-33)40-19-10-9-18-39(40)49(41)32-13-5-3-6-14-32/h3-29,31,38,46H,30H2,1-2H3. The lowest BCUT2D eigenvalue weighted by Gasteiger charge is -2.31. The van der Waals surface area contributed by atoms with Crippen molar-refractivity contribution in [3.8, 4) is 33.4 Å². The Kier molecular flexibility index (Phi) is 6.52. The van der Waals surface area contributed by atoms with Gasteiger partial charge in [0.15, 0.2) is 0 Å². The molecule has 11 rings (SSSR count). The molecule has 1 aliphatic heterocycles. The molecular weight excluding hydrogens is 641 g/mol. The Morgan fingerprint density at radius 2 is 1.19 bits per heavy atom. The first-order valence-electron chi connectivity index (χ1n) is 18.8. The number of hydrogen-bond donors (Lipinski definition) is 0. The fourth-order valence-corrected chi connectivity index (χ4v) is 9.87. The van der Waals surface area contributed by atoms with Crippen LogP contribution >= 0.6 is 0 Å². The smallest absolute Gasteiger partial charge is 0.0697 e. The van der Waals surface area contributed by atoms with Gasteiger partial charge in [0.2, 0.25) is 0 Å². The normalized spacial score (nSPS) is 18.0. The van der Waals surface area contributed by atoms with Crippen LogP contribution in [-0.2, 0) is 12.0 Å². The monoisotopic (exact) mass is 678 g/mol. The highest BCUT2D eigenvalue weighted by Gasteiger charge is 2.45. The van der Waals surface area contributed by atoms with E-state index in [2.05, 4.69) is 188 Å². The van der Waals surface area contributed by atoms with E-state index in [1.165, 1.54) is 93.9 Å². The molecule has 0 fully saturated rings. The van der Waals surface area contributed by atoms with Gasteiger partial charge in [-0.2, -0.15) is 0 Å². The van der Waals surface area contributed by atoms with Gasteiger partial charge in [-0.1, -0.05) is 153 Å². The summed E-state index contributed by atoms with van der Waals surface area (Å²) in [5.41, 5.74) is 15.5. The van der Waals surface area contributed by atoms with Crippen LogP contribution in [0.1, 0.15) is 42.1 Å². The molecule has 2 atom stereocenters. The van der Waals surface area contributed by atoms with E-state index >= 15 is 0 Å². The van der Waals surface area contributed by atoms with Gasteiger partial charge in [0, 0.05) is 28.8 Å². The average Bonchev–Trinajstić information content (AvgIpc) is 3.87. The predicted octanol–water partition coefficient (Wildman–Crippen LogP) is 13.0. The first-order valence-corrected chi connectivity index (χ1v) is 18.8. The highest BCUT2D eigenvalue weighted by molar-refractivity contribution is 6.22. The highest BCUT2D eigenvalue weighted by Crippen LogP contribution is 2.54. The third-order valence-corrected chi connectivity index (χ3v) is 12.4. The Hall–Kier alpha value is -6.25. The fraction of sp³-hybridized carbons (Fsp3) is 0.118. The van der Waals surface area contributed by atoms with E-state index in [-0.39, 0.29) is 5.41 Å². The van der Waals surface area contributed by atoms with E-state index in [9.17, 15) is 0 Å². The second-order valence-corrected chi connectivity index (χ2v) is 15.5. The molecule has 0 saturated carbocycles. The Balaban J connectivity index is 1.09. The van der Waals surface area contributed by atoms with Crippen LogP contribution in [0.2, 0.25) is 0 Å². The number of aromatic nitrogens is 1. The average molecular weight is 679 g/mol. The largest absolute Gasteiger partial charge is 0.308 e. The summed E-state index contributed by atoms with van der Waals surface area (Å²) in [5.74, 6) is 0.812. The molecule has 1 aromatic heterocycles. The lowest BCUT2D eigenvalue weighted by molar-refractivity contribution is 0.394. The van der Waals surface area contributed by atoms with Crippen LogP contribution in [0.15, 0.2) is 169 Å². The number of hydrogen-bond acceptors (Lipinski definition) is 1. The SMILES string of the molecule is CC1(C)c2ccccc2C2C=CC(n3c4c(c5cc(-c6ccc7c(-c8ccccc8)c8ccccc8c(-c8ccccc8)c7c6)ccc53)CN=C4)=CC21.